The maximum Gasteiger partial charge on any atom is 0.414 e. The average Bonchev–Trinajstić information content (AvgIpc) is 2.37. The highest BCUT2D eigenvalue weighted by Crippen LogP contribution is 2.31. The summed E-state index contributed by atoms with van der Waals surface area (Å²) in [5.74, 6) is -0.229. The standard InChI is InChI=1S/C14H20F3NO2/c1-9(2)8-20-11-5-3-10(4-6-11)12(7-18)13(19)14(15,16)17/h3-6,9,12-13,19H,7-8,18H2,1-2H3. The van der Waals surface area contributed by atoms with Crippen LogP contribution in [-0.4, -0.2) is 30.5 Å². The molecule has 3 nitrogen and oxygen atoms in total. The van der Waals surface area contributed by atoms with Crippen LogP contribution in [0.25, 0.3) is 0 Å². The summed E-state index contributed by atoms with van der Waals surface area (Å²) in [5, 5.41) is 9.31. The molecule has 0 bridgehead atoms. The van der Waals surface area contributed by atoms with E-state index < -0.39 is 18.2 Å². The van der Waals surface area contributed by atoms with E-state index >= 15 is 0 Å². The molecule has 0 aliphatic carbocycles. The van der Waals surface area contributed by atoms with Crippen LogP contribution in [0.1, 0.15) is 25.3 Å². The smallest absolute Gasteiger partial charge is 0.414 e. The van der Waals surface area contributed by atoms with Crippen molar-refractivity contribution in [1.29, 1.82) is 0 Å². The number of halogens is 3. The molecule has 0 amide bonds. The zero-order chi connectivity index (χ0) is 15.3. The van der Waals surface area contributed by atoms with Crippen LogP contribution < -0.4 is 10.5 Å². The SMILES string of the molecule is CC(C)COc1ccc(C(CN)C(O)C(F)(F)F)cc1. The summed E-state index contributed by atoms with van der Waals surface area (Å²) < 4.78 is 43.0. The van der Waals surface area contributed by atoms with E-state index in [4.69, 9.17) is 10.5 Å². The maximum absolute atomic E-state index is 12.5. The van der Waals surface area contributed by atoms with Gasteiger partial charge in [0, 0.05) is 12.5 Å². The van der Waals surface area contributed by atoms with E-state index in [1.807, 2.05) is 13.8 Å². The van der Waals surface area contributed by atoms with Crippen LogP contribution in [0.15, 0.2) is 24.3 Å². The zero-order valence-electron chi connectivity index (χ0n) is 11.5. The van der Waals surface area contributed by atoms with Crippen molar-refractivity contribution in [3.05, 3.63) is 29.8 Å². The lowest BCUT2D eigenvalue weighted by atomic mass is 9.93. The van der Waals surface area contributed by atoms with Crippen LogP contribution in [0.4, 0.5) is 13.2 Å². The molecule has 1 aromatic carbocycles. The monoisotopic (exact) mass is 291 g/mol. The molecule has 0 radical (unpaired) electrons. The number of hydrogen-bond acceptors (Lipinski definition) is 3. The van der Waals surface area contributed by atoms with Gasteiger partial charge < -0.3 is 15.6 Å². The second-order valence-corrected chi connectivity index (χ2v) is 5.10. The molecular formula is C14H20F3NO2. The fourth-order valence-corrected chi connectivity index (χ4v) is 1.75. The van der Waals surface area contributed by atoms with E-state index in [-0.39, 0.29) is 6.54 Å². The van der Waals surface area contributed by atoms with Crippen LogP contribution in [0.5, 0.6) is 5.75 Å². The molecule has 0 aliphatic heterocycles. The summed E-state index contributed by atoms with van der Waals surface area (Å²) in [6.07, 6.45) is -7.15. The minimum absolute atomic E-state index is 0.285. The van der Waals surface area contributed by atoms with Crippen LogP contribution in [0, 0.1) is 5.92 Å². The van der Waals surface area contributed by atoms with E-state index in [2.05, 4.69) is 0 Å². The quantitative estimate of drug-likeness (QED) is 0.847. The Hall–Kier alpha value is -1.27. The Morgan fingerprint density at radius 2 is 1.75 bits per heavy atom. The average molecular weight is 291 g/mol. The van der Waals surface area contributed by atoms with Gasteiger partial charge in [-0.1, -0.05) is 26.0 Å². The van der Waals surface area contributed by atoms with Crippen LogP contribution >= 0.6 is 0 Å². The molecule has 0 fully saturated rings. The Labute approximate surface area is 116 Å². The number of aliphatic hydroxyl groups excluding tert-OH is 1. The molecule has 114 valence electrons. The predicted molar refractivity (Wildman–Crippen MR) is 70.6 cm³/mol. The molecule has 0 saturated carbocycles. The third-order valence-corrected chi connectivity index (χ3v) is 2.86. The lowest BCUT2D eigenvalue weighted by molar-refractivity contribution is -0.209. The van der Waals surface area contributed by atoms with Gasteiger partial charge in [0.1, 0.15) is 5.75 Å². The van der Waals surface area contributed by atoms with Gasteiger partial charge in [-0.15, -0.1) is 0 Å². The van der Waals surface area contributed by atoms with Gasteiger partial charge in [0.2, 0.25) is 0 Å². The molecule has 2 unspecified atom stereocenters. The molecule has 1 rings (SSSR count). The van der Waals surface area contributed by atoms with E-state index in [1.54, 1.807) is 12.1 Å². The molecule has 20 heavy (non-hydrogen) atoms. The van der Waals surface area contributed by atoms with E-state index in [0.29, 0.717) is 23.8 Å². The molecule has 0 aliphatic rings. The molecule has 0 aromatic heterocycles. The third kappa shape index (κ3) is 4.68. The van der Waals surface area contributed by atoms with E-state index in [1.165, 1.54) is 12.1 Å². The summed E-state index contributed by atoms with van der Waals surface area (Å²) in [7, 11) is 0. The van der Waals surface area contributed by atoms with E-state index in [0.717, 1.165) is 0 Å². The number of nitrogens with two attached hydrogens (primary N) is 1. The third-order valence-electron chi connectivity index (χ3n) is 2.86. The molecular weight excluding hydrogens is 271 g/mol. The first-order chi connectivity index (χ1) is 9.25. The number of ether oxygens (including phenoxy) is 1. The van der Waals surface area contributed by atoms with Gasteiger partial charge in [0.25, 0.3) is 0 Å². The van der Waals surface area contributed by atoms with Crippen molar-refractivity contribution in [2.75, 3.05) is 13.2 Å². The van der Waals surface area contributed by atoms with Crippen molar-refractivity contribution in [2.45, 2.75) is 32.0 Å². The normalized spacial score (nSPS) is 15.2. The number of alkyl halides is 3. The van der Waals surface area contributed by atoms with Crippen molar-refractivity contribution >= 4 is 0 Å². The van der Waals surface area contributed by atoms with E-state index in [9.17, 15) is 18.3 Å². The summed E-state index contributed by atoms with van der Waals surface area (Å²) >= 11 is 0. The maximum atomic E-state index is 12.5. The predicted octanol–water partition coefficient (Wildman–Crippen LogP) is 2.69. The number of aliphatic hydroxyl groups is 1. The van der Waals surface area contributed by atoms with Crippen molar-refractivity contribution in [3.63, 3.8) is 0 Å². The molecule has 6 heteroatoms. The minimum Gasteiger partial charge on any atom is -0.493 e. The molecule has 1 aromatic rings. The summed E-state index contributed by atoms with van der Waals surface area (Å²) in [6.45, 7) is 4.24. The summed E-state index contributed by atoms with van der Waals surface area (Å²) in [4.78, 5) is 0. The van der Waals surface area contributed by atoms with Gasteiger partial charge in [-0.25, -0.2) is 0 Å². The number of rotatable bonds is 6. The first-order valence-corrected chi connectivity index (χ1v) is 6.43. The van der Waals surface area contributed by atoms with Gasteiger partial charge >= 0.3 is 6.18 Å². The molecule has 2 atom stereocenters. The second kappa shape index (κ2) is 6.95. The Morgan fingerprint density at radius 1 is 1.20 bits per heavy atom. The Balaban J connectivity index is 2.80. The van der Waals surface area contributed by atoms with Crippen molar-refractivity contribution in [3.8, 4) is 5.75 Å². The van der Waals surface area contributed by atoms with Gasteiger partial charge in [-0.05, 0) is 23.6 Å². The zero-order valence-corrected chi connectivity index (χ0v) is 11.5. The number of benzene rings is 1. The molecule has 3 N–H and O–H groups in total. The fourth-order valence-electron chi connectivity index (χ4n) is 1.75. The first-order valence-electron chi connectivity index (χ1n) is 6.43. The molecule has 0 spiro atoms. The highest BCUT2D eigenvalue weighted by Gasteiger charge is 2.43. The van der Waals surface area contributed by atoms with Gasteiger partial charge in [0.05, 0.1) is 6.61 Å². The van der Waals surface area contributed by atoms with Gasteiger partial charge in [0.15, 0.2) is 6.10 Å². The van der Waals surface area contributed by atoms with Crippen molar-refractivity contribution < 1.29 is 23.0 Å². The largest absolute Gasteiger partial charge is 0.493 e. The Morgan fingerprint density at radius 3 is 2.15 bits per heavy atom. The van der Waals surface area contributed by atoms with Crippen LogP contribution in [-0.2, 0) is 0 Å². The summed E-state index contributed by atoms with van der Waals surface area (Å²) in [6, 6.07) is 6.18. The number of hydrogen-bond donors (Lipinski definition) is 2. The molecule has 0 saturated heterocycles. The van der Waals surface area contributed by atoms with Crippen molar-refractivity contribution in [1.82, 2.24) is 0 Å². The van der Waals surface area contributed by atoms with Crippen LogP contribution in [0.3, 0.4) is 0 Å². The highest BCUT2D eigenvalue weighted by molar-refractivity contribution is 5.30. The lowest BCUT2D eigenvalue weighted by Crippen LogP contribution is -2.38. The van der Waals surface area contributed by atoms with Crippen LogP contribution in [0.2, 0.25) is 0 Å². The van der Waals surface area contributed by atoms with Gasteiger partial charge in [-0.3, -0.25) is 0 Å². The minimum atomic E-state index is -4.68. The lowest BCUT2D eigenvalue weighted by Gasteiger charge is -2.24. The summed E-state index contributed by atoms with van der Waals surface area (Å²) in [5.41, 5.74) is 5.69. The molecule has 0 heterocycles. The first kappa shape index (κ1) is 16.8. The topological polar surface area (TPSA) is 55.5 Å². The second-order valence-electron chi connectivity index (χ2n) is 5.10. The van der Waals surface area contributed by atoms with Gasteiger partial charge in [-0.2, -0.15) is 13.2 Å². The highest BCUT2D eigenvalue weighted by atomic mass is 19.4. The van der Waals surface area contributed by atoms with Crippen molar-refractivity contribution in [2.24, 2.45) is 11.7 Å². The Kier molecular flexibility index (Phi) is 5.83. The fraction of sp³-hybridized carbons (Fsp3) is 0.571. The Bertz CT molecular complexity index is 404.